The number of nitrogens with zero attached hydrogens (tertiary/aromatic N) is 2. The summed E-state index contributed by atoms with van der Waals surface area (Å²) in [6, 6.07) is 4.33. The maximum absolute atomic E-state index is 6.05. The van der Waals surface area contributed by atoms with Crippen LogP contribution in [-0.2, 0) is 0 Å². The Labute approximate surface area is 127 Å². The summed E-state index contributed by atoms with van der Waals surface area (Å²) in [6.45, 7) is 3.00. The van der Waals surface area contributed by atoms with Gasteiger partial charge in [0.2, 0.25) is 5.88 Å². The Bertz CT molecular complexity index is 444. The molecule has 1 spiro atoms. The summed E-state index contributed by atoms with van der Waals surface area (Å²) in [7, 11) is 1.65. The van der Waals surface area contributed by atoms with E-state index in [0.717, 1.165) is 0 Å². The molecule has 1 aliphatic carbocycles. The smallest absolute Gasteiger partial charge is 0.212 e. The first-order valence-corrected chi connectivity index (χ1v) is 8.20. The van der Waals surface area contributed by atoms with Crippen molar-refractivity contribution < 1.29 is 4.74 Å². The molecule has 1 unspecified atom stereocenters. The van der Waals surface area contributed by atoms with Crippen LogP contribution in [-0.4, -0.2) is 36.6 Å². The summed E-state index contributed by atoms with van der Waals surface area (Å²) in [5, 5.41) is 0. The van der Waals surface area contributed by atoms with Crippen LogP contribution in [0.15, 0.2) is 18.3 Å². The van der Waals surface area contributed by atoms with E-state index in [1.807, 2.05) is 12.3 Å². The zero-order valence-corrected chi connectivity index (χ0v) is 13.1. The third-order valence-corrected chi connectivity index (χ3v) is 5.54. The van der Waals surface area contributed by atoms with Gasteiger partial charge in [-0.25, -0.2) is 4.98 Å². The van der Waals surface area contributed by atoms with Crippen LogP contribution in [0.25, 0.3) is 0 Å². The van der Waals surface area contributed by atoms with Crippen LogP contribution in [0, 0.1) is 5.41 Å². The molecule has 0 bridgehead atoms. The van der Waals surface area contributed by atoms with Gasteiger partial charge in [-0.05, 0) is 49.8 Å². The Hall–Kier alpha value is -1.13. The number of likely N-dealkylation sites (tertiary alicyclic amines) is 1. The molecule has 4 nitrogen and oxygen atoms in total. The van der Waals surface area contributed by atoms with Gasteiger partial charge in [0.15, 0.2) is 0 Å². The summed E-state index contributed by atoms with van der Waals surface area (Å²) in [6.07, 6.45) is 10.3. The number of aromatic nitrogens is 1. The van der Waals surface area contributed by atoms with E-state index in [-0.39, 0.29) is 0 Å². The fourth-order valence-corrected chi connectivity index (χ4v) is 4.14. The Morgan fingerprint density at radius 1 is 1.24 bits per heavy atom. The van der Waals surface area contributed by atoms with Gasteiger partial charge in [-0.1, -0.05) is 18.9 Å². The van der Waals surface area contributed by atoms with Gasteiger partial charge in [0, 0.05) is 24.8 Å². The molecule has 0 aromatic carbocycles. The molecule has 2 N–H and O–H groups in total. The normalized spacial score (nSPS) is 23.3. The largest absolute Gasteiger partial charge is 0.481 e. The summed E-state index contributed by atoms with van der Waals surface area (Å²) in [5.74, 6) is 0.665. The molecule has 2 fully saturated rings. The fourth-order valence-electron chi connectivity index (χ4n) is 4.14. The molecule has 21 heavy (non-hydrogen) atoms. The van der Waals surface area contributed by atoms with E-state index in [9.17, 15) is 0 Å². The third-order valence-electron chi connectivity index (χ3n) is 5.54. The van der Waals surface area contributed by atoms with Crippen molar-refractivity contribution in [3.8, 4) is 5.88 Å². The molecule has 1 atom stereocenters. The van der Waals surface area contributed by atoms with Gasteiger partial charge in [0.05, 0.1) is 7.11 Å². The number of nitrogens with two attached hydrogens (primary N) is 1. The van der Waals surface area contributed by atoms with Crippen LogP contribution >= 0.6 is 0 Å². The first-order valence-electron chi connectivity index (χ1n) is 8.20. The lowest BCUT2D eigenvalue weighted by atomic mass is 9.76. The number of piperidine rings is 1. The van der Waals surface area contributed by atoms with Gasteiger partial charge in [-0.15, -0.1) is 0 Å². The summed E-state index contributed by atoms with van der Waals surface area (Å²) >= 11 is 0. The van der Waals surface area contributed by atoms with Crippen LogP contribution < -0.4 is 10.5 Å². The van der Waals surface area contributed by atoms with Crippen molar-refractivity contribution >= 4 is 0 Å². The van der Waals surface area contributed by atoms with E-state index in [2.05, 4.69) is 16.0 Å². The highest BCUT2D eigenvalue weighted by Gasteiger charge is 2.38. The number of ether oxygens (including phenoxy) is 1. The molecule has 3 rings (SSSR count). The van der Waals surface area contributed by atoms with E-state index >= 15 is 0 Å². The van der Waals surface area contributed by atoms with Crippen molar-refractivity contribution in [2.24, 2.45) is 11.1 Å². The molecule has 2 aliphatic rings. The summed E-state index contributed by atoms with van der Waals surface area (Å²) in [5.41, 5.74) is 7.92. The lowest BCUT2D eigenvalue weighted by Gasteiger charge is -2.42. The molecule has 1 aromatic rings. The molecule has 4 heteroatoms. The Morgan fingerprint density at radius 2 is 1.95 bits per heavy atom. The molecule has 1 aromatic heterocycles. The van der Waals surface area contributed by atoms with E-state index in [4.69, 9.17) is 10.5 Å². The van der Waals surface area contributed by atoms with Gasteiger partial charge < -0.3 is 10.5 Å². The summed E-state index contributed by atoms with van der Waals surface area (Å²) in [4.78, 5) is 6.88. The van der Waals surface area contributed by atoms with E-state index < -0.39 is 0 Å². The van der Waals surface area contributed by atoms with Crippen LogP contribution in [0.3, 0.4) is 0 Å². The number of hydrogen-bond acceptors (Lipinski definition) is 4. The second-order valence-electron chi connectivity index (χ2n) is 6.63. The lowest BCUT2D eigenvalue weighted by molar-refractivity contribution is 0.0779. The zero-order chi connectivity index (χ0) is 14.7. The third kappa shape index (κ3) is 3.06. The Kier molecular flexibility index (Phi) is 4.45. The van der Waals surface area contributed by atoms with Crippen molar-refractivity contribution in [1.29, 1.82) is 0 Å². The predicted octanol–water partition coefficient (Wildman–Crippen LogP) is 2.75. The maximum Gasteiger partial charge on any atom is 0.212 e. The molecular formula is C17H27N3O. The molecule has 0 radical (unpaired) electrons. The SMILES string of the molecule is COc1ccc(C(CN)N2CCC3(CCCC3)CC2)cn1. The highest BCUT2D eigenvalue weighted by atomic mass is 16.5. The van der Waals surface area contributed by atoms with Crippen molar-refractivity contribution in [2.75, 3.05) is 26.7 Å². The van der Waals surface area contributed by atoms with Crippen LogP contribution in [0.5, 0.6) is 5.88 Å². The monoisotopic (exact) mass is 289 g/mol. The van der Waals surface area contributed by atoms with Crippen LogP contribution in [0.2, 0.25) is 0 Å². The molecule has 1 aliphatic heterocycles. The van der Waals surface area contributed by atoms with Crippen molar-refractivity contribution in [3.05, 3.63) is 23.9 Å². The Balaban J connectivity index is 1.66. The maximum atomic E-state index is 6.05. The highest BCUT2D eigenvalue weighted by Crippen LogP contribution is 2.47. The second-order valence-corrected chi connectivity index (χ2v) is 6.63. The fraction of sp³-hybridized carbons (Fsp3) is 0.706. The standard InChI is InChI=1S/C17H27N3O/c1-21-16-5-4-14(13-19-16)15(12-18)20-10-8-17(9-11-20)6-2-3-7-17/h4-5,13,15H,2-3,6-12,18H2,1H3. The minimum atomic E-state index is 0.294. The zero-order valence-electron chi connectivity index (χ0n) is 13.1. The van der Waals surface area contributed by atoms with E-state index in [0.29, 0.717) is 23.9 Å². The van der Waals surface area contributed by atoms with Crippen LogP contribution in [0.4, 0.5) is 0 Å². The quantitative estimate of drug-likeness (QED) is 0.926. The van der Waals surface area contributed by atoms with Gasteiger partial charge >= 0.3 is 0 Å². The van der Waals surface area contributed by atoms with Crippen LogP contribution in [0.1, 0.15) is 50.1 Å². The van der Waals surface area contributed by atoms with Gasteiger partial charge in [0.1, 0.15) is 0 Å². The number of methoxy groups -OCH3 is 1. The lowest BCUT2D eigenvalue weighted by Crippen LogP contribution is -2.43. The van der Waals surface area contributed by atoms with Crippen molar-refractivity contribution in [2.45, 2.75) is 44.6 Å². The minimum Gasteiger partial charge on any atom is -0.481 e. The average molecular weight is 289 g/mol. The minimum absolute atomic E-state index is 0.294. The number of rotatable bonds is 4. The molecule has 0 amide bonds. The highest BCUT2D eigenvalue weighted by molar-refractivity contribution is 5.21. The molecule has 1 saturated heterocycles. The van der Waals surface area contributed by atoms with Gasteiger partial charge in [-0.2, -0.15) is 0 Å². The van der Waals surface area contributed by atoms with E-state index in [1.165, 1.54) is 57.2 Å². The number of hydrogen-bond donors (Lipinski definition) is 1. The van der Waals surface area contributed by atoms with Gasteiger partial charge in [-0.3, -0.25) is 4.90 Å². The topological polar surface area (TPSA) is 51.4 Å². The van der Waals surface area contributed by atoms with E-state index in [1.54, 1.807) is 7.11 Å². The number of pyridine rings is 1. The first-order chi connectivity index (χ1) is 10.3. The second kappa shape index (κ2) is 6.32. The molecule has 2 heterocycles. The van der Waals surface area contributed by atoms with Crippen molar-refractivity contribution in [1.82, 2.24) is 9.88 Å². The van der Waals surface area contributed by atoms with Gasteiger partial charge in [0.25, 0.3) is 0 Å². The molecule has 116 valence electrons. The molecular weight excluding hydrogens is 262 g/mol. The predicted molar refractivity (Wildman–Crippen MR) is 84.3 cm³/mol. The van der Waals surface area contributed by atoms with Crippen molar-refractivity contribution in [3.63, 3.8) is 0 Å². The molecule has 1 saturated carbocycles. The average Bonchev–Trinajstić information content (AvgIpc) is 2.99. The first kappa shape index (κ1) is 14.8. The Morgan fingerprint density at radius 3 is 2.48 bits per heavy atom. The summed E-state index contributed by atoms with van der Waals surface area (Å²) < 4.78 is 5.14.